The average Bonchev–Trinajstić information content (AvgIpc) is 2.16. The molecule has 1 aliphatic heterocycles. The zero-order chi connectivity index (χ0) is 11.1. The first-order chi connectivity index (χ1) is 7.22. The predicted octanol–water partition coefficient (Wildman–Crippen LogP) is 3.69. The molecule has 0 spiro atoms. The van der Waals surface area contributed by atoms with Gasteiger partial charge in [0.25, 0.3) is 0 Å². The monoisotopic (exact) mass is 212 g/mol. The number of carbonyl (C=O) groups is 1. The van der Waals surface area contributed by atoms with E-state index in [1.807, 2.05) is 6.92 Å². The van der Waals surface area contributed by atoms with Gasteiger partial charge in [0.05, 0.1) is 6.10 Å². The molecular weight excluding hydrogens is 188 g/mol. The van der Waals surface area contributed by atoms with Crippen molar-refractivity contribution in [2.75, 3.05) is 0 Å². The van der Waals surface area contributed by atoms with Crippen molar-refractivity contribution in [3.8, 4) is 0 Å². The second kappa shape index (κ2) is 6.86. The van der Waals surface area contributed by atoms with Gasteiger partial charge in [-0.05, 0) is 25.7 Å². The summed E-state index contributed by atoms with van der Waals surface area (Å²) in [6.45, 7) is 4.26. The van der Waals surface area contributed by atoms with Crippen molar-refractivity contribution in [1.82, 2.24) is 0 Å². The minimum atomic E-state index is -0.000325. The molecule has 0 N–H and O–H groups in total. The van der Waals surface area contributed by atoms with E-state index in [2.05, 4.69) is 6.92 Å². The molecule has 0 aromatic carbocycles. The smallest absolute Gasteiger partial charge is 0.306 e. The number of rotatable bonds is 2. The van der Waals surface area contributed by atoms with Crippen molar-refractivity contribution in [2.45, 2.75) is 71.3 Å². The van der Waals surface area contributed by atoms with Crippen LogP contribution in [-0.2, 0) is 9.53 Å². The lowest BCUT2D eigenvalue weighted by Crippen LogP contribution is -2.19. The van der Waals surface area contributed by atoms with Crippen LogP contribution in [0.4, 0.5) is 0 Å². The number of cyclic esters (lactones) is 1. The standard InChI is InChI=1S/C13H24O2/c1-3-7-12-8-5-4-6-9-13(14)15-11(2)10-12/h11-12H,3-10H2,1-2H3. The SMILES string of the molecule is CCCC1CCCCCC(=O)OC(C)C1. The summed E-state index contributed by atoms with van der Waals surface area (Å²) in [5, 5.41) is 0. The molecule has 0 aromatic heterocycles. The fourth-order valence-electron chi connectivity index (χ4n) is 2.47. The van der Waals surface area contributed by atoms with Gasteiger partial charge in [0.15, 0.2) is 0 Å². The Hall–Kier alpha value is -0.530. The number of ether oxygens (including phenoxy) is 1. The first-order valence-corrected chi connectivity index (χ1v) is 6.41. The molecule has 0 aromatic rings. The van der Waals surface area contributed by atoms with Gasteiger partial charge in [0.1, 0.15) is 0 Å². The predicted molar refractivity (Wildman–Crippen MR) is 61.7 cm³/mol. The average molecular weight is 212 g/mol. The van der Waals surface area contributed by atoms with Gasteiger partial charge in [-0.3, -0.25) is 4.79 Å². The molecule has 0 bridgehead atoms. The quantitative estimate of drug-likeness (QED) is 0.652. The number of hydrogen-bond donors (Lipinski definition) is 0. The van der Waals surface area contributed by atoms with Crippen molar-refractivity contribution in [2.24, 2.45) is 5.92 Å². The molecule has 88 valence electrons. The number of carbonyl (C=O) groups excluding carboxylic acids is 1. The minimum absolute atomic E-state index is 0.000325. The normalized spacial score (nSPS) is 29.6. The molecule has 2 unspecified atom stereocenters. The maximum atomic E-state index is 11.4. The highest BCUT2D eigenvalue weighted by Crippen LogP contribution is 2.23. The summed E-state index contributed by atoms with van der Waals surface area (Å²) in [5.41, 5.74) is 0. The maximum absolute atomic E-state index is 11.4. The van der Waals surface area contributed by atoms with Crippen LogP contribution in [0.5, 0.6) is 0 Å². The van der Waals surface area contributed by atoms with E-state index in [0.29, 0.717) is 6.42 Å². The molecule has 0 aliphatic carbocycles. The summed E-state index contributed by atoms with van der Waals surface area (Å²) in [4.78, 5) is 11.4. The van der Waals surface area contributed by atoms with Gasteiger partial charge in [0.2, 0.25) is 0 Å². The van der Waals surface area contributed by atoms with E-state index in [0.717, 1.165) is 18.8 Å². The molecule has 1 heterocycles. The summed E-state index contributed by atoms with van der Waals surface area (Å²) >= 11 is 0. The highest BCUT2D eigenvalue weighted by atomic mass is 16.5. The lowest BCUT2D eigenvalue weighted by molar-refractivity contribution is -0.149. The lowest BCUT2D eigenvalue weighted by Gasteiger charge is -2.22. The van der Waals surface area contributed by atoms with Gasteiger partial charge in [-0.15, -0.1) is 0 Å². The van der Waals surface area contributed by atoms with Crippen LogP contribution in [-0.4, -0.2) is 12.1 Å². The first-order valence-electron chi connectivity index (χ1n) is 6.41. The van der Waals surface area contributed by atoms with Gasteiger partial charge >= 0.3 is 5.97 Å². The van der Waals surface area contributed by atoms with Crippen LogP contribution in [0, 0.1) is 5.92 Å². The van der Waals surface area contributed by atoms with Crippen LogP contribution in [0.15, 0.2) is 0 Å². The third kappa shape index (κ3) is 5.19. The zero-order valence-electron chi connectivity index (χ0n) is 10.1. The molecule has 1 saturated heterocycles. The van der Waals surface area contributed by atoms with Crippen molar-refractivity contribution in [3.05, 3.63) is 0 Å². The topological polar surface area (TPSA) is 26.3 Å². The summed E-state index contributed by atoms with van der Waals surface area (Å²) in [6.07, 6.45) is 9.09. The van der Waals surface area contributed by atoms with E-state index in [9.17, 15) is 4.79 Å². The van der Waals surface area contributed by atoms with Gasteiger partial charge in [-0.1, -0.05) is 39.0 Å². The summed E-state index contributed by atoms with van der Waals surface area (Å²) in [6, 6.07) is 0. The summed E-state index contributed by atoms with van der Waals surface area (Å²) < 4.78 is 5.36. The van der Waals surface area contributed by atoms with Crippen LogP contribution < -0.4 is 0 Å². The van der Waals surface area contributed by atoms with Gasteiger partial charge in [-0.25, -0.2) is 0 Å². The van der Waals surface area contributed by atoms with Crippen molar-refractivity contribution in [3.63, 3.8) is 0 Å². The van der Waals surface area contributed by atoms with Crippen LogP contribution >= 0.6 is 0 Å². The Morgan fingerprint density at radius 1 is 1.33 bits per heavy atom. The molecule has 1 aliphatic rings. The molecule has 0 saturated carbocycles. The fourth-order valence-corrected chi connectivity index (χ4v) is 2.47. The molecule has 2 heteroatoms. The van der Waals surface area contributed by atoms with Crippen LogP contribution in [0.3, 0.4) is 0 Å². The van der Waals surface area contributed by atoms with E-state index in [-0.39, 0.29) is 12.1 Å². The highest BCUT2D eigenvalue weighted by molar-refractivity contribution is 5.69. The van der Waals surface area contributed by atoms with E-state index < -0.39 is 0 Å². The van der Waals surface area contributed by atoms with E-state index in [1.165, 1.54) is 32.1 Å². The van der Waals surface area contributed by atoms with Crippen molar-refractivity contribution >= 4 is 5.97 Å². The second-order valence-corrected chi connectivity index (χ2v) is 4.79. The van der Waals surface area contributed by atoms with Crippen molar-refractivity contribution < 1.29 is 9.53 Å². The maximum Gasteiger partial charge on any atom is 0.306 e. The van der Waals surface area contributed by atoms with Crippen LogP contribution in [0.1, 0.15) is 65.2 Å². The number of hydrogen-bond acceptors (Lipinski definition) is 2. The third-order valence-corrected chi connectivity index (χ3v) is 3.19. The first kappa shape index (κ1) is 12.5. The fraction of sp³-hybridized carbons (Fsp3) is 0.923. The minimum Gasteiger partial charge on any atom is -0.463 e. The summed E-state index contributed by atoms with van der Waals surface area (Å²) in [5.74, 6) is 0.760. The van der Waals surface area contributed by atoms with Gasteiger partial charge in [0, 0.05) is 6.42 Å². The molecule has 0 radical (unpaired) electrons. The number of esters is 1. The molecule has 15 heavy (non-hydrogen) atoms. The largest absolute Gasteiger partial charge is 0.463 e. The molecule has 1 rings (SSSR count). The van der Waals surface area contributed by atoms with Crippen molar-refractivity contribution in [1.29, 1.82) is 0 Å². The lowest BCUT2D eigenvalue weighted by atomic mass is 9.91. The molecule has 2 atom stereocenters. The Morgan fingerprint density at radius 2 is 2.13 bits per heavy atom. The highest BCUT2D eigenvalue weighted by Gasteiger charge is 2.17. The summed E-state index contributed by atoms with van der Waals surface area (Å²) in [7, 11) is 0. The van der Waals surface area contributed by atoms with Gasteiger partial charge < -0.3 is 4.74 Å². The Morgan fingerprint density at radius 3 is 2.87 bits per heavy atom. The molecule has 0 amide bonds. The molecule has 1 fully saturated rings. The van der Waals surface area contributed by atoms with E-state index in [1.54, 1.807) is 0 Å². The molecule has 2 nitrogen and oxygen atoms in total. The Balaban J connectivity index is 2.43. The second-order valence-electron chi connectivity index (χ2n) is 4.79. The Kier molecular flexibility index (Phi) is 5.74. The zero-order valence-corrected chi connectivity index (χ0v) is 10.1. The van der Waals surface area contributed by atoms with Crippen LogP contribution in [0.25, 0.3) is 0 Å². The Labute approximate surface area is 93.4 Å². The van der Waals surface area contributed by atoms with E-state index >= 15 is 0 Å². The molecular formula is C13H24O2. The van der Waals surface area contributed by atoms with Gasteiger partial charge in [-0.2, -0.15) is 0 Å². The van der Waals surface area contributed by atoms with Crippen LogP contribution in [0.2, 0.25) is 0 Å². The Bertz CT molecular complexity index is 189. The van der Waals surface area contributed by atoms with E-state index in [4.69, 9.17) is 4.74 Å². The third-order valence-electron chi connectivity index (χ3n) is 3.19.